The third-order valence-electron chi connectivity index (χ3n) is 4.20. The molecule has 0 spiro atoms. The summed E-state index contributed by atoms with van der Waals surface area (Å²) < 4.78 is 42.0. The van der Waals surface area contributed by atoms with Crippen molar-refractivity contribution >= 4 is 27.5 Å². The highest BCUT2D eigenvalue weighted by Gasteiger charge is 2.31. The Morgan fingerprint density at radius 2 is 1.73 bits per heavy atom. The van der Waals surface area contributed by atoms with Crippen molar-refractivity contribution in [2.45, 2.75) is 12.4 Å². The number of halogens is 5. The summed E-state index contributed by atoms with van der Waals surface area (Å²) >= 11 is 9.62. The number of nitrogens with one attached hydrogen (secondary N) is 1. The van der Waals surface area contributed by atoms with E-state index in [0.717, 1.165) is 41.8 Å². The van der Waals surface area contributed by atoms with Crippen molar-refractivity contribution in [3.8, 4) is 5.75 Å². The molecule has 140 valence electrons. The summed E-state index contributed by atoms with van der Waals surface area (Å²) in [6, 6.07) is 11.5. The first-order valence-corrected chi connectivity index (χ1v) is 9.26. The minimum Gasteiger partial charge on any atom is -0.406 e. The van der Waals surface area contributed by atoms with Crippen molar-refractivity contribution in [3.63, 3.8) is 0 Å². The summed E-state index contributed by atoms with van der Waals surface area (Å²) in [6.45, 7) is 3.38. The monoisotopic (exact) mass is 448 g/mol. The minimum atomic E-state index is -4.70. The number of hydrogen-bond donors (Lipinski definition) is 1. The van der Waals surface area contributed by atoms with Crippen LogP contribution in [0.25, 0.3) is 0 Å². The second-order valence-corrected chi connectivity index (χ2v) is 7.26. The van der Waals surface area contributed by atoms with Crippen LogP contribution in [0.5, 0.6) is 5.75 Å². The Morgan fingerprint density at radius 3 is 2.31 bits per heavy atom. The zero-order valence-electron chi connectivity index (χ0n) is 13.7. The van der Waals surface area contributed by atoms with Crippen LogP contribution in [-0.2, 0) is 0 Å². The molecule has 0 bridgehead atoms. The molecule has 0 radical (unpaired) electrons. The number of piperazine rings is 1. The van der Waals surface area contributed by atoms with Crippen molar-refractivity contribution in [1.29, 1.82) is 0 Å². The summed E-state index contributed by atoms with van der Waals surface area (Å²) in [6.07, 6.45) is -4.70. The fraction of sp³-hybridized carbons (Fsp3) is 0.333. The van der Waals surface area contributed by atoms with Crippen LogP contribution in [0.2, 0.25) is 5.02 Å². The van der Waals surface area contributed by atoms with E-state index in [4.69, 9.17) is 11.6 Å². The fourth-order valence-electron chi connectivity index (χ4n) is 3.10. The molecule has 26 heavy (non-hydrogen) atoms. The fourth-order valence-corrected chi connectivity index (χ4v) is 4.00. The molecule has 1 aliphatic heterocycles. The van der Waals surface area contributed by atoms with E-state index < -0.39 is 6.36 Å². The van der Waals surface area contributed by atoms with Crippen LogP contribution < -0.4 is 10.1 Å². The van der Waals surface area contributed by atoms with Gasteiger partial charge < -0.3 is 10.1 Å². The van der Waals surface area contributed by atoms with Crippen molar-refractivity contribution in [2.75, 3.05) is 26.2 Å². The lowest BCUT2D eigenvalue weighted by Crippen LogP contribution is -2.45. The molecule has 1 atom stereocenters. The summed E-state index contributed by atoms with van der Waals surface area (Å²) in [5.74, 6) is -0.226. The van der Waals surface area contributed by atoms with Crippen LogP contribution in [-0.4, -0.2) is 37.4 Å². The van der Waals surface area contributed by atoms with Crippen LogP contribution in [0.15, 0.2) is 46.9 Å². The topological polar surface area (TPSA) is 24.5 Å². The molecule has 8 heteroatoms. The third kappa shape index (κ3) is 4.91. The van der Waals surface area contributed by atoms with Crippen LogP contribution in [0.1, 0.15) is 17.2 Å². The predicted octanol–water partition coefficient (Wildman–Crippen LogP) is 5.00. The van der Waals surface area contributed by atoms with Gasteiger partial charge >= 0.3 is 6.36 Å². The smallest absolute Gasteiger partial charge is 0.406 e. The molecule has 0 aromatic heterocycles. The summed E-state index contributed by atoms with van der Waals surface area (Å²) in [4.78, 5) is 2.30. The Hall–Kier alpha value is -1.28. The molecule has 1 N–H and O–H groups in total. The molecule has 1 aliphatic rings. The van der Waals surface area contributed by atoms with Crippen LogP contribution >= 0.6 is 27.5 Å². The van der Waals surface area contributed by atoms with Gasteiger partial charge in [0.25, 0.3) is 0 Å². The summed E-state index contributed by atoms with van der Waals surface area (Å²) in [5.41, 5.74) is 1.91. The molecule has 3 nitrogen and oxygen atoms in total. The Bertz CT molecular complexity index is 749. The lowest BCUT2D eigenvalue weighted by Gasteiger charge is -2.36. The average Bonchev–Trinajstić information content (AvgIpc) is 2.58. The number of nitrogens with zero attached hydrogens (tertiary/aromatic N) is 1. The molecule has 2 aromatic rings. The molecule has 1 saturated heterocycles. The standard InChI is InChI=1S/C18H17BrClF3N2O/c19-16-11-13(20)3-6-15(16)17(25-9-7-24-8-10-25)12-1-4-14(5-2-12)26-18(21,22)23/h1-6,11,17,24H,7-10H2/t17-/m0/s1. The van der Waals surface area contributed by atoms with Crippen molar-refractivity contribution in [1.82, 2.24) is 10.2 Å². The summed E-state index contributed by atoms with van der Waals surface area (Å²) in [5, 5.41) is 3.93. The maximum Gasteiger partial charge on any atom is 0.573 e. The van der Waals surface area contributed by atoms with Gasteiger partial charge in [-0.15, -0.1) is 13.2 Å². The first kappa shape index (κ1) is 19.5. The van der Waals surface area contributed by atoms with E-state index in [9.17, 15) is 13.2 Å². The minimum absolute atomic E-state index is 0.0938. The Labute approximate surface area is 163 Å². The van der Waals surface area contributed by atoms with Crippen molar-refractivity contribution in [2.24, 2.45) is 0 Å². The number of benzene rings is 2. The normalized spacial score (nSPS) is 17.1. The Kier molecular flexibility index (Phi) is 6.12. The molecule has 2 aromatic carbocycles. The molecular weight excluding hydrogens is 433 g/mol. The molecule has 0 saturated carbocycles. The molecular formula is C18H17BrClF3N2O. The highest BCUT2D eigenvalue weighted by Crippen LogP contribution is 2.36. The van der Waals surface area contributed by atoms with Gasteiger partial charge in [-0.25, -0.2) is 0 Å². The van der Waals surface area contributed by atoms with E-state index in [1.165, 1.54) is 12.1 Å². The van der Waals surface area contributed by atoms with E-state index in [-0.39, 0.29) is 11.8 Å². The van der Waals surface area contributed by atoms with Gasteiger partial charge in [-0.2, -0.15) is 0 Å². The molecule has 1 fully saturated rings. The lowest BCUT2D eigenvalue weighted by molar-refractivity contribution is -0.274. The predicted molar refractivity (Wildman–Crippen MR) is 98.6 cm³/mol. The zero-order chi connectivity index (χ0) is 18.7. The number of ether oxygens (including phenoxy) is 1. The second kappa shape index (κ2) is 8.17. The largest absolute Gasteiger partial charge is 0.573 e. The molecule has 0 amide bonds. The first-order valence-electron chi connectivity index (χ1n) is 8.09. The average molecular weight is 450 g/mol. The quantitative estimate of drug-likeness (QED) is 0.711. The van der Waals surface area contributed by atoms with E-state index in [2.05, 4.69) is 30.9 Å². The van der Waals surface area contributed by atoms with Gasteiger partial charge in [0.1, 0.15) is 5.75 Å². The number of hydrogen-bond acceptors (Lipinski definition) is 3. The first-order chi connectivity index (χ1) is 12.3. The third-order valence-corrected chi connectivity index (χ3v) is 5.13. The van der Waals surface area contributed by atoms with Crippen molar-refractivity contribution in [3.05, 3.63) is 63.1 Å². The van der Waals surface area contributed by atoms with Gasteiger partial charge in [0, 0.05) is 35.7 Å². The van der Waals surface area contributed by atoms with Gasteiger partial charge in [0.2, 0.25) is 0 Å². The SMILES string of the molecule is FC(F)(F)Oc1ccc([C@@H](c2ccc(Cl)cc2Br)N2CCNCC2)cc1. The molecule has 0 aliphatic carbocycles. The van der Waals surface area contributed by atoms with Gasteiger partial charge in [0.05, 0.1) is 6.04 Å². The number of alkyl halides is 3. The molecule has 0 unspecified atom stereocenters. The Balaban J connectivity index is 1.95. The maximum absolute atomic E-state index is 12.4. The van der Waals surface area contributed by atoms with Gasteiger partial charge in [-0.1, -0.05) is 45.7 Å². The van der Waals surface area contributed by atoms with Crippen molar-refractivity contribution < 1.29 is 17.9 Å². The van der Waals surface area contributed by atoms with E-state index in [1.54, 1.807) is 12.1 Å². The maximum atomic E-state index is 12.4. The van der Waals surface area contributed by atoms with E-state index in [1.807, 2.05) is 18.2 Å². The zero-order valence-corrected chi connectivity index (χ0v) is 16.0. The molecule has 1 heterocycles. The van der Waals surface area contributed by atoms with Crippen LogP contribution in [0.3, 0.4) is 0 Å². The number of rotatable bonds is 4. The molecule has 3 rings (SSSR count). The second-order valence-electron chi connectivity index (χ2n) is 5.97. The lowest BCUT2D eigenvalue weighted by atomic mass is 9.96. The van der Waals surface area contributed by atoms with Gasteiger partial charge in [-0.3, -0.25) is 4.90 Å². The Morgan fingerprint density at radius 1 is 1.08 bits per heavy atom. The van der Waals surface area contributed by atoms with Gasteiger partial charge in [0.15, 0.2) is 0 Å². The van der Waals surface area contributed by atoms with Gasteiger partial charge in [-0.05, 0) is 35.4 Å². The highest BCUT2D eigenvalue weighted by molar-refractivity contribution is 9.10. The van der Waals surface area contributed by atoms with E-state index in [0.29, 0.717) is 5.02 Å². The van der Waals surface area contributed by atoms with Crippen LogP contribution in [0, 0.1) is 0 Å². The summed E-state index contributed by atoms with van der Waals surface area (Å²) in [7, 11) is 0. The highest BCUT2D eigenvalue weighted by atomic mass is 79.9. The van der Waals surface area contributed by atoms with Crippen LogP contribution in [0.4, 0.5) is 13.2 Å². The van der Waals surface area contributed by atoms with E-state index >= 15 is 0 Å².